The van der Waals surface area contributed by atoms with Crippen molar-refractivity contribution < 1.29 is 18.9 Å². The van der Waals surface area contributed by atoms with Crippen molar-refractivity contribution in [2.24, 2.45) is 0 Å². The number of hydrogen-bond donors (Lipinski definition) is 2. The number of hydrogen-bond acceptors (Lipinski definition) is 2. The topological polar surface area (TPSA) is 66.8 Å². The highest BCUT2D eigenvalue weighted by Crippen LogP contribution is 2.39. The Hall–Kier alpha value is -0.150. The van der Waals surface area contributed by atoms with E-state index in [0.29, 0.717) is 6.42 Å². The minimum absolute atomic E-state index is 0.409. The van der Waals surface area contributed by atoms with Gasteiger partial charge in [0.2, 0.25) is 0 Å². The van der Waals surface area contributed by atoms with Crippen molar-refractivity contribution in [2.45, 2.75) is 31.8 Å². The van der Waals surface area contributed by atoms with Crippen molar-refractivity contribution in [3.05, 3.63) is 12.2 Å². The number of phosphoric acid groups is 1. The summed E-state index contributed by atoms with van der Waals surface area (Å²) in [6.45, 7) is 0. The average Bonchev–Trinajstić information content (AvgIpc) is 2.12. The molecule has 0 aromatic rings. The van der Waals surface area contributed by atoms with Gasteiger partial charge in [-0.05, 0) is 19.3 Å². The highest BCUT2D eigenvalue weighted by atomic mass is 31.2. The molecule has 0 spiro atoms. The van der Waals surface area contributed by atoms with Gasteiger partial charge < -0.3 is 9.79 Å². The van der Waals surface area contributed by atoms with E-state index in [4.69, 9.17) is 9.79 Å². The maximum Gasteiger partial charge on any atom is 0.470 e. The molecular formula is C7H13O4P. The quantitative estimate of drug-likeness (QED) is 0.515. The van der Waals surface area contributed by atoms with E-state index in [1.54, 1.807) is 6.08 Å². The van der Waals surface area contributed by atoms with Crippen molar-refractivity contribution in [1.82, 2.24) is 0 Å². The van der Waals surface area contributed by atoms with Crippen LogP contribution < -0.4 is 0 Å². The molecule has 1 unspecified atom stereocenters. The molecule has 70 valence electrons. The van der Waals surface area contributed by atoms with Gasteiger partial charge in [-0.3, -0.25) is 4.52 Å². The first kappa shape index (κ1) is 9.93. The van der Waals surface area contributed by atoms with E-state index in [2.05, 4.69) is 4.52 Å². The molecule has 5 heteroatoms. The van der Waals surface area contributed by atoms with Crippen molar-refractivity contribution in [1.29, 1.82) is 0 Å². The zero-order valence-electron chi connectivity index (χ0n) is 6.72. The molecule has 4 nitrogen and oxygen atoms in total. The third-order valence-corrected chi connectivity index (χ3v) is 2.28. The Morgan fingerprint density at radius 1 is 1.42 bits per heavy atom. The van der Waals surface area contributed by atoms with Gasteiger partial charge in [-0.1, -0.05) is 18.6 Å². The SMILES string of the molecule is O=P(O)(O)OC1C=CCCCC1. The number of allylic oxidation sites excluding steroid dienone is 1. The monoisotopic (exact) mass is 192 g/mol. The Balaban J connectivity index is 2.45. The molecule has 1 atom stereocenters. The normalized spacial score (nSPS) is 25.3. The summed E-state index contributed by atoms with van der Waals surface area (Å²) in [7, 11) is -4.30. The first-order chi connectivity index (χ1) is 5.58. The lowest BCUT2D eigenvalue weighted by atomic mass is 10.2. The van der Waals surface area contributed by atoms with Crippen LogP contribution in [-0.2, 0) is 9.09 Å². The third kappa shape index (κ3) is 4.02. The summed E-state index contributed by atoms with van der Waals surface area (Å²) in [4.78, 5) is 17.0. The van der Waals surface area contributed by atoms with Gasteiger partial charge in [0.05, 0.1) is 6.10 Å². The molecule has 12 heavy (non-hydrogen) atoms. The fourth-order valence-corrected chi connectivity index (χ4v) is 1.74. The van der Waals surface area contributed by atoms with E-state index in [1.807, 2.05) is 6.08 Å². The van der Waals surface area contributed by atoms with Gasteiger partial charge in [-0.2, -0.15) is 0 Å². The Labute approximate surface area is 71.5 Å². The second-order valence-corrected chi connectivity index (χ2v) is 4.04. The van der Waals surface area contributed by atoms with Crippen molar-refractivity contribution in [3.63, 3.8) is 0 Å². The third-order valence-electron chi connectivity index (χ3n) is 1.73. The van der Waals surface area contributed by atoms with Gasteiger partial charge in [-0.15, -0.1) is 0 Å². The molecule has 0 bridgehead atoms. The Morgan fingerprint density at radius 2 is 2.17 bits per heavy atom. The zero-order valence-corrected chi connectivity index (χ0v) is 7.61. The minimum atomic E-state index is -4.30. The summed E-state index contributed by atoms with van der Waals surface area (Å²) in [5.74, 6) is 0. The molecule has 1 rings (SSSR count). The fraction of sp³-hybridized carbons (Fsp3) is 0.714. The van der Waals surface area contributed by atoms with E-state index in [1.165, 1.54) is 0 Å². The summed E-state index contributed by atoms with van der Waals surface area (Å²) >= 11 is 0. The van der Waals surface area contributed by atoms with Gasteiger partial charge in [0, 0.05) is 0 Å². The lowest BCUT2D eigenvalue weighted by molar-refractivity contribution is 0.155. The van der Waals surface area contributed by atoms with Gasteiger partial charge >= 0.3 is 7.82 Å². The fourth-order valence-electron chi connectivity index (χ4n) is 1.22. The standard InChI is InChI=1S/C7H13O4P/c8-12(9,10)11-7-5-3-1-2-4-6-7/h3,5,7H,1-2,4,6H2,(H2,8,9,10). The molecule has 0 fully saturated rings. The molecule has 1 aliphatic carbocycles. The smallest absolute Gasteiger partial charge is 0.303 e. The summed E-state index contributed by atoms with van der Waals surface area (Å²) in [6, 6.07) is 0. The molecule has 0 heterocycles. The Morgan fingerprint density at radius 3 is 2.83 bits per heavy atom. The highest BCUT2D eigenvalue weighted by molar-refractivity contribution is 7.46. The first-order valence-electron chi connectivity index (χ1n) is 3.98. The van der Waals surface area contributed by atoms with Gasteiger partial charge in [0.25, 0.3) is 0 Å². The molecule has 0 aromatic heterocycles. The molecule has 0 saturated heterocycles. The van der Waals surface area contributed by atoms with Crippen LogP contribution in [0.1, 0.15) is 25.7 Å². The predicted molar refractivity (Wildman–Crippen MR) is 44.5 cm³/mol. The molecule has 1 aliphatic rings. The van der Waals surface area contributed by atoms with Crippen LogP contribution >= 0.6 is 7.82 Å². The summed E-state index contributed by atoms with van der Waals surface area (Å²) < 4.78 is 15.0. The Bertz CT molecular complexity index is 207. The van der Waals surface area contributed by atoms with Crippen LogP contribution in [0.2, 0.25) is 0 Å². The van der Waals surface area contributed by atoms with Gasteiger partial charge in [-0.25, -0.2) is 4.57 Å². The molecule has 2 N–H and O–H groups in total. The van der Waals surface area contributed by atoms with Gasteiger partial charge in [0.15, 0.2) is 0 Å². The molecule has 0 aliphatic heterocycles. The predicted octanol–water partition coefficient (Wildman–Crippen LogP) is 1.59. The molecule has 0 radical (unpaired) electrons. The molecule has 0 aromatic carbocycles. The average molecular weight is 192 g/mol. The van der Waals surface area contributed by atoms with E-state index < -0.39 is 13.9 Å². The van der Waals surface area contributed by atoms with E-state index >= 15 is 0 Å². The van der Waals surface area contributed by atoms with Crippen molar-refractivity contribution in [2.75, 3.05) is 0 Å². The lowest BCUT2D eigenvalue weighted by Gasteiger charge is -2.12. The van der Waals surface area contributed by atoms with Crippen LogP contribution in [0.25, 0.3) is 0 Å². The Kier molecular flexibility index (Phi) is 3.47. The number of rotatable bonds is 2. The van der Waals surface area contributed by atoms with Gasteiger partial charge in [0.1, 0.15) is 0 Å². The largest absolute Gasteiger partial charge is 0.470 e. The van der Waals surface area contributed by atoms with Crippen LogP contribution in [0, 0.1) is 0 Å². The summed E-state index contributed by atoms with van der Waals surface area (Å²) in [5.41, 5.74) is 0. The van der Waals surface area contributed by atoms with Crippen LogP contribution in [0.5, 0.6) is 0 Å². The summed E-state index contributed by atoms with van der Waals surface area (Å²) in [6.07, 6.45) is 6.92. The van der Waals surface area contributed by atoms with Crippen molar-refractivity contribution >= 4 is 7.82 Å². The number of phosphoric ester groups is 1. The van der Waals surface area contributed by atoms with E-state index in [0.717, 1.165) is 19.3 Å². The second kappa shape index (κ2) is 4.19. The summed E-state index contributed by atoms with van der Waals surface area (Å²) in [5, 5.41) is 0. The van der Waals surface area contributed by atoms with Crippen LogP contribution in [0.15, 0.2) is 12.2 Å². The maximum atomic E-state index is 10.5. The maximum absolute atomic E-state index is 10.5. The minimum Gasteiger partial charge on any atom is -0.303 e. The first-order valence-corrected chi connectivity index (χ1v) is 5.51. The van der Waals surface area contributed by atoms with Crippen molar-refractivity contribution in [3.8, 4) is 0 Å². The zero-order chi connectivity index (χ0) is 9.03. The van der Waals surface area contributed by atoms with Crippen LogP contribution in [-0.4, -0.2) is 15.9 Å². The van der Waals surface area contributed by atoms with E-state index in [-0.39, 0.29) is 0 Å². The molecular weight excluding hydrogens is 179 g/mol. The van der Waals surface area contributed by atoms with Crippen LogP contribution in [0.3, 0.4) is 0 Å². The van der Waals surface area contributed by atoms with E-state index in [9.17, 15) is 4.57 Å². The molecule has 0 amide bonds. The second-order valence-electron chi connectivity index (χ2n) is 2.85. The lowest BCUT2D eigenvalue weighted by Crippen LogP contribution is -2.06. The highest BCUT2D eigenvalue weighted by Gasteiger charge is 2.20. The van der Waals surface area contributed by atoms with Crippen LogP contribution in [0.4, 0.5) is 0 Å². The molecule has 0 saturated carbocycles.